The average Bonchev–Trinajstić information content (AvgIpc) is 3.19. The maximum absolute atomic E-state index is 13.0. The summed E-state index contributed by atoms with van der Waals surface area (Å²) in [6.07, 6.45) is 7.42. The molecule has 1 fully saturated rings. The minimum absolute atomic E-state index is 0. The number of benzene rings is 2. The second kappa shape index (κ2) is 32.0. The number of nitrogens with one attached hydrogen (secondary N) is 3. The molecule has 1 aliphatic heterocycles. The Bertz CT molecular complexity index is 1340. The van der Waals surface area contributed by atoms with Gasteiger partial charge < -0.3 is 45.1 Å². The summed E-state index contributed by atoms with van der Waals surface area (Å²) in [5.74, 6) is -0.638. The summed E-state index contributed by atoms with van der Waals surface area (Å²) in [4.78, 5) is 50.3. The second-order valence-electron chi connectivity index (χ2n) is 11.7. The molecule has 3 amide bonds. The third kappa shape index (κ3) is 21.9. The molecular formula is C41H71N3O10. The fourth-order valence-electron chi connectivity index (χ4n) is 4.98. The smallest absolute Gasteiger partial charge is 0.306 e. The molecular weight excluding hydrogens is 694 g/mol. The summed E-state index contributed by atoms with van der Waals surface area (Å²) in [5.41, 5.74) is 1.62. The normalized spacial score (nSPS) is 13.7. The van der Waals surface area contributed by atoms with Gasteiger partial charge in [0.2, 0.25) is 17.7 Å². The van der Waals surface area contributed by atoms with E-state index in [2.05, 4.69) is 16.0 Å². The molecule has 1 aliphatic rings. The van der Waals surface area contributed by atoms with Gasteiger partial charge in [0.05, 0.1) is 20.3 Å². The maximum atomic E-state index is 13.0. The molecule has 2 aromatic rings. The number of carbonyl (C=O) groups excluding carboxylic acids is 4. The molecule has 13 nitrogen and oxygen atoms in total. The van der Waals surface area contributed by atoms with Gasteiger partial charge >= 0.3 is 5.97 Å². The van der Waals surface area contributed by atoms with E-state index in [1.165, 1.54) is 6.08 Å². The van der Waals surface area contributed by atoms with Gasteiger partial charge in [-0.1, -0.05) is 76.9 Å². The van der Waals surface area contributed by atoms with Crippen molar-refractivity contribution in [2.75, 3.05) is 40.0 Å². The highest BCUT2D eigenvalue weighted by molar-refractivity contribution is 5.95. The Morgan fingerprint density at radius 2 is 1.61 bits per heavy atom. The average molecular weight is 766 g/mol. The molecule has 1 heterocycles. The van der Waals surface area contributed by atoms with Gasteiger partial charge in [-0.2, -0.15) is 0 Å². The number of esters is 1. The van der Waals surface area contributed by atoms with Gasteiger partial charge in [0.1, 0.15) is 12.6 Å². The topological polar surface area (TPSA) is 182 Å². The predicted octanol–water partition coefficient (Wildman–Crippen LogP) is 6.05. The molecule has 0 aliphatic carbocycles. The van der Waals surface area contributed by atoms with Crippen molar-refractivity contribution in [3.8, 4) is 11.5 Å². The molecule has 2 aromatic carbocycles. The Balaban J connectivity index is -0.00000118. The first-order valence-electron chi connectivity index (χ1n) is 19.1. The van der Waals surface area contributed by atoms with Crippen molar-refractivity contribution in [1.82, 2.24) is 16.0 Å². The molecule has 0 radical (unpaired) electrons. The van der Waals surface area contributed by atoms with Crippen molar-refractivity contribution < 1.29 is 52.6 Å². The van der Waals surface area contributed by atoms with Crippen LogP contribution in [0.1, 0.15) is 102 Å². The summed E-state index contributed by atoms with van der Waals surface area (Å²) in [6.45, 7) is 12.6. The predicted molar refractivity (Wildman–Crippen MR) is 217 cm³/mol. The number of hydrogen-bond acceptors (Lipinski definition) is 10. The standard InChI is InChI=1S/C35H47N3O8.2C2H6O.C2H6.3H2/c1-4-27(5-2)34(35(42)36-20-11-14-32(41)45-24-26-12-7-6-8-13-26)38-31(40)23-37-30(39)19-17-25-16-18-28(29(22-25)43-3)46-33-15-9-10-21-44-33;2*1-2-3;1-2;;;/h6-8,12-13,16-19,22,27,33-34H,4-5,9-11,14-15,20-21,23-24H2,1-3H3,(H,36,42)(H,37,39)(H,38,40);2*3H,2H2,1H3;1-2H3;3*1H/b19-17+;;;;;;/t33?,34-;;;;;;/m0....../s1. The van der Waals surface area contributed by atoms with Crippen molar-refractivity contribution >= 4 is 29.8 Å². The molecule has 13 heteroatoms. The van der Waals surface area contributed by atoms with Crippen LogP contribution in [0, 0.1) is 5.92 Å². The van der Waals surface area contributed by atoms with E-state index < -0.39 is 17.9 Å². The monoisotopic (exact) mass is 766 g/mol. The number of methoxy groups -OCH3 is 1. The molecule has 0 spiro atoms. The molecule has 1 unspecified atom stereocenters. The van der Waals surface area contributed by atoms with E-state index >= 15 is 0 Å². The van der Waals surface area contributed by atoms with Gasteiger partial charge in [-0.3, -0.25) is 19.2 Å². The van der Waals surface area contributed by atoms with Gasteiger partial charge in [-0.15, -0.1) is 0 Å². The van der Waals surface area contributed by atoms with Gasteiger partial charge in [0.15, 0.2) is 17.8 Å². The number of rotatable bonds is 18. The maximum Gasteiger partial charge on any atom is 0.306 e. The third-order valence-electron chi connectivity index (χ3n) is 7.65. The molecule has 3 rings (SSSR count). The first-order chi connectivity index (χ1) is 26.1. The first-order valence-corrected chi connectivity index (χ1v) is 19.1. The quantitative estimate of drug-likeness (QED) is 0.0681. The summed E-state index contributed by atoms with van der Waals surface area (Å²) < 4.78 is 22.3. The van der Waals surface area contributed by atoms with E-state index in [1.54, 1.807) is 45.2 Å². The third-order valence-corrected chi connectivity index (χ3v) is 7.65. The minimum Gasteiger partial charge on any atom is -0.493 e. The van der Waals surface area contributed by atoms with Crippen LogP contribution in [-0.2, 0) is 35.3 Å². The number of hydrogen-bond donors (Lipinski definition) is 5. The van der Waals surface area contributed by atoms with Crippen LogP contribution < -0.4 is 25.4 Å². The van der Waals surface area contributed by atoms with Crippen LogP contribution >= 0.6 is 0 Å². The van der Waals surface area contributed by atoms with Crippen LogP contribution in [0.5, 0.6) is 11.5 Å². The largest absolute Gasteiger partial charge is 0.493 e. The van der Waals surface area contributed by atoms with Crippen molar-refractivity contribution in [2.24, 2.45) is 5.92 Å². The minimum atomic E-state index is -0.771. The van der Waals surface area contributed by atoms with Crippen LogP contribution in [0.4, 0.5) is 0 Å². The lowest BCUT2D eigenvalue weighted by molar-refractivity contribution is -0.145. The molecule has 0 aromatic heterocycles. The van der Waals surface area contributed by atoms with E-state index in [0.717, 1.165) is 24.8 Å². The second-order valence-corrected chi connectivity index (χ2v) is 11.7. The van der Waals surface area contributed by atoms with Crippen molar-refractivity contribution in [1.29, 1.82) is 0 Å². The van der Waals surface area contributed by atoms with Crippen LogP contribution in [-0.4, -0.2) is 86.3 Å². The first kappa shape index (κ1) is 49.5. The van der Waals surface area contributed by atoms with E-state index in [9.17, 15) is 19.2 Å². The molecule has 5 N–H and O–H groups in total. The zero-order valence-corrected chi connectivity index (χ0v) is 33.4. The molecule has 2 atom stereocenters. The summed E-state index contributed by atoms with van der Waals surface area (Å²) >= 11 is 0. The van der Waals surface area contributed by atoms with Gasteiger partial charge in [-0.25, -0.2) is 0 Å². The van der Waals surface area contributed by atoms with Crippen LogP contribution in [0.2, 0.25) is 0 Å². The summed E-state index contributed by atoms with van der Waals surface area (Å²) in [6, 6.07) is 13.9. The molecule has 1 saturated heterocycles. The molecule has 0 bridgehead atoms. The van der Waals surface area contributed by atoms with E-state index in [4.69, 9.17) is 29.2 Å². The lowest BCUT2D eigenvalue weighted by Crippen LogP contribution is -2.53. The highest BCUT2D eigenvalue weighted by Crippen LogP contribution is 2.31. The van der Waals surface area contributed by atoms with Crippen LogP contribution in [0.25, 0.3) is 6.08 Å². The molecule has 0 saturated carbocycles. The zero-order valence-electron chi connectivity index (χ0n) is 33.4. The Morgan fingerprint density at radius 3 is 2.20 bits per heavy atom. The Hall–Kier alpha value is -4.46. The molecule has 54 heavy (non-hydrogen) atoms. The molecule has 310 valence electrons. The Kier molecular flexibility index (Phi) is 29.4. The number of aliphatic hydroxyl groups is 2. The Morgan fingerprint density at radius 1 is 0.944 bits per heavy atom. The number of amides is 3. The van der Waals surface area contributed by atoms with Crippen LogP contribution in [0.3, 0.4) is 0 Å². The van der Waals surface area contributed by atoms with Crippen LogP contribution in [0.15, 0.2) is 54.6 Å². The zero-order chi connectivity index (χ0) is 40.6. The van der Waals surface area contributed by atoms with Gasteiger partial charge in [0.25, 0.3) is 0 Å². The lowest BCUT2D eigenvalue weighted by Gasteiger charge is -2.25. The van der Waals surface area contributed by atoms with Crippen molar-refractivity contribution in [2.45, 2.75) is 105 Å². The van der Waals surface area contributed by atoms with Crippen molar-refractivity contribution in [3.63, 3.8) is 0 Å². The Labute approximate surface area is 326 Å². The number of aliphatic hydroxyl groups excluding tert-OH is 2. The van der Waals surface area contributed by atoms with E-state index in [1.807, 2.05) is 58.0 Å². The lowest BCUT2D eigenvalue weighted by atomic mass is 9.93. The fourth-order valence-corrected chi connectivity index (χ4v) is 4.98. The number of ether oxygens (including phenoxy) is 4. The van der Waals surface area contributed by atoms with E-state index in [0.29, 0.717) is 42.9 Å². The highest BCUT2D eigenvalue weighted by Gasteiger charge is 2.27. The summed E-state index contributed by atoms with van der Waals surface area (Å²) in [7, 11) is 1.54. The van der Waals surface area contributed by atoms with Gasteiger partial charge in [-0.05, 0) is 68.4 Å². The number of carbonyl (C=O) groups is 4. The van der Waals surface area contributed by atoms with E-state index in [-0.39, 0.29) is 67.7 Å². The van der Waals surface area contributed by atoms with Gasteiger partial charge in [0, 0.05) is 43.0 Å². The van der Waals surface area contributed by atoms with Crippen molar-refractivity contribution in [3.05, 3.63) is 65.7 Å². The highest BCUT2D eigenvalue weighted by atomic mass is 16.7. The fraction of sp³-hybridized carbons (Fsp3) is 0.561. The SMILES string of the molecule is CC.CCC(CC)[C@H](NC(=O)CNC(=O)/C=C/c1ccc(OC2CCCCO2)c(OC)c1)C(=O)NCCCC(=O)OCc1ccccc1.CCO.CCO.[HH].[HH].[HH]. The summed E-state index contributed by atoms with van der Waals surface area (Å²) in [5, 5.41) is 23.3.